The van der Waals surface area contributed by atoms with Crippen LogP contribution in [-0.4, -0.2) is 44.2 Å². The Bertz CT molecular complexity index is 1080. The third kappa shape index (κ3) is 3.96. The van der Waals surface area contributed by atoms with E-state index in [0.29, 0.717) is 36.2 Å². The van der Waals surface area contributed by atoms with Gasteiger partial charge in [0.2, 0.25) is 5.91 Å². The van der Waals surface area contributed by atoms with Gasteiger partial charge in [-0.05, 0) is 37.3 Å². The molecule has 7 nitrogen and oxygen atoms in total. The van der Waals surface area contributed by atoms with Gasteiger partial charge >= 0.3 is 0 Å². The number of anilines is 1. The molecule has 2 heterocycles. The molecule has 166 valence electrons. The summed E-state index contributed by atoms with van der Waals surface area (Å²) in [5.41, 5.74) is 2.38. The van der Waals surface area contributed by atoms with E-state index < -0.39 is 0 Å². The van der Waals surface area contributed by atoms with Crippen molar-refractivity contribution in [3.63, 3.8) is 0 Å². The zero-order valence-corrected chi connectivity index (χ0v) is 19.1. The Morgan fingerprint density at radius 1 is 1.16 bits per heavy atom. The number of carbonyl (C=O) groups is 1. The lowest BCUT2D eigenvalue weighted by atomic mass is 9.85. The van der Waals surface area contributed by atoms with E-state index in [4.69, 9.17) is 14.2 Å². The van der Waals surface area contributed by atoms with Gasteiger partial charge in [-0.3, -0.25) is 9.69 Å². The van der Waals surface area contributed by atoms with Crippen molar-refractivity contribution in [2.45, 2.75) is 19.3 Å². The molecule has 1 unspecified atom stereocenters. The van der Waals surface area contributed by atoms with Gasteiger partial charge in [-0.2, -0.15) is 5.26 Å². The van der Waals surface area contributed by atoms with Crippen molar-refractivity contribution in [1.29, 1.82) is 5.26 Å². The average Bonchev–Trinajstić information content (AvgIpc) is 2.84. The van der Waals surface area contributed by atoms with Crippen molar-refractivity contribution in [1.82, 2.24) is 4.90 Å². The number of rotatable bonds is 6. The molecule has 1 amide bonds. The van der Waals surface area contributed by atoms with Crippen LogP contribution in [0.3, 0.4) is 0 Å². The molecule has 0 spiro atoms. The molecular formula is C24H25N3O4S. The van der Waals surface area contributed by atoms with E-state index in [9.17, 15) is 10.1 Å². The zero-order valence-electron chi connectivity index (χ0n) is 18.3. The number of carbonyl (C=O) groups excluding carboxylic acids is 1. The normalized spacial score (nSPS) is 18.2. The van der Waals surface area contributed by atoms with Crippen LogP contribution < -0.4 is 19.1 Å². The van der Waals surface area contributed by atoms with Crippen LogP contribution in [0.2, 0.25) is 0 Å². The van der Waals surface area contributed by atoms with Gasteiger partial charge < -0.3 is 19.1 Å². The number of hydrogen-bond donors (Lipinski definition) is 0. The first kappa shape index (κ1) is 21.9. The summed E-state index contributed by atoms with van der Waals surface area (Å²) in [6, 6.07) is 15.8. The summed E-state index contributed by atoms with van der Waals surface area (Å²) in [7, 11) is 3.15. The summed E-state index contributed by atoms with van der Waals surface area (Å²) in [4.78, 5) is 17.0. The Balaban J connectivity index is 1.64. The summed E-state index contributed by atoms with van der Waals surface area (Å²) in [6.07, 6.45) is 0.202. The maximum atomic E-state index is 13.2. The summed E-state index contributed by atoms with van der Waals surface area (Å²) < 4.78 is 16.5. The van der Waals surface area contributed by atoms with E-state index >= 15 is 0 Å². The lowest BCUT2D eigenvalue weighted by Gasteiger charge is -2.42. The van der Waals surface area contributed by atoms with Crippen LogP contribution in [0, 0.1) is 11.3 Å². The number of nitrogens with zero attached hydrogens (tertiary/aromatic N) is 3. The quantitative estimate of drug-likeness (QED) is 0.647. The lowest BCUT2D eigenvalue weighted by molar-refractivity contribution is -0.129. The van der Waals surface area contributed by atoms with Crippen LogP contribution >= 0.6 is 11.8 Å². The molecule has 0 aromatic heterocycles. The molecule has 0 aliphatic carbocycles. The molecule has 0 bridgehead atoms. The van der Waals surface area contributed by atoms with Crippen LogP contribution in [0.25, 0.3) is 0 Å². The molecule has 2 aliphatic rings. The Morgan fingerprint density at radius 2 is 1.94 bits per heavy atom. The number of amides is 1. The summed E-state index contributed by atoms with van der Waals surface area (Å²) in [5.74, 6) is 2.22. The first-order valence-corrected chi connectivity index (χ1v) is 11.4. The largest absolute Gasteiger partial charge is 0.494 e. The van der Waals surface area contributed by atoms with Crippen molar-refractivity contribution in [2.24, 2.45) is 0 Å². The minimum Gasteiger partial charge on any atom is -0.494 e. The minimum absolute atomic E-state index is 0.0167. The maximum Gasteiger partial charge on any atom is 0.229 e. The Kier molecular flexibility index (Phi) is 6.47. The predicted octanol–water partition coefficient (Wildman–Crippen LogP) is 4.32. The van der Waals surface area contributed by atoms with E-state index in [-0.39, 0.29) is 18.2 Å². The topological polar surface area (TPSA) is 75.0 Å². The highest BCUT2D eigenvalue weighted by Gasteiger charge is 2.39. The number of benzene rings is 2. The minimum atomic E-state index is -0.367. The van der Waals surface area contributed by atoms with Crippen molar-refractivity contribution in [3.05, 3.63) is 58.6 Å². The van der Waals surface area contributed by atoms with E-state index in [1.807, 2.05) is 49.4 Å². The molecule has 1 fully saturated rings. The number of allylic oxidation sites excluding steroid dienone is 1. The molecule has 1 atom stereocenters. The number of ether oxygens (including phenoxy) is 3. The summed E-state index contributed by atoms with van der Waals surface area (Å²) in [5, 5.41) is 10.8. The molecule has 4 rings (SSSR count). The third-order valence-corrected chi connectivity index (χ3v) is 6.77. The Hall–Kier alpha value is -3.31. The average molecular weight is 452 g/mol. The Labute approximate surface area is 192 Å². The number of nitriles is 1. The molecule has 0 N–H and O–H groups in total. The molecule has 1 saturated heterocycles. The van der Waals surface area contributed by atoms with Crippen LogP contribution in [0.1, 0.15) is 24.8 Å². The summed E-state index contributed by atoms with van der Waals surface area (Å²) in [6.45, 7) is 2.97. The van der Waals surface area contributed by atoms with Gasteiger partial charge in [0, 0.05) is 23.6 Å². The molecule has 2 aliphatic heterocycles. The highest BCUT2D eigenvalue weighted by molar-refractivity contribution is 8.03. The molecule has 8 heteroatoms. The highest BCUT2D eigenvalue weighted by atomic mass is 32.2. The fraction of sp³-hybridized carbons (Fsp3) is 0.333. The summed E-state index contributed by atoms with van der Waals surface area (Å²) >= 11 is 1.51. The SMILES string of the molecule is CCOc1ccc(N2CSC3=C(C#N)C(c4cccc(OC)c4OC)CC(=O)N3C2)cc1. The van der Waals surface area contributed by atoms with Gasteiger partial charge in [-0.25, -0.2) is 0 Å². The van der Waals surface area contributed by atoms with Gasteiger partial charge in [0.15, 0.2) is 11.5 Å². The lowest BCUT2D eigenvalue weighted by Crippen LogP contribution is -2.47. The molecule has 2 aromatic carbocycles. The fourth-order valence-electron chi connectivity index (χ4n) is 4.10. The number of hydrogen-bond acceptors (Lipinski definition) is 7. The number of thioether (sulfide) groups is 1. The van der Waals surface area contributed by atoms with E-state index in [1.54, 1.807) is 19.1 Å². The second kappa shape index (κ2) is 9.45. The smallest absolute Gasteiger partial charge is 0.229 e. The molecule has 32 heavy (non-hydrogen) atoms. The first-order valence-electron chi connectivity index (χ1n) is 10.4. The molecular weight excluding hydrogens is 426 g/mol. The standard InChI is InChI=1S/C24H25N3O4S/c1-4-31-17-10-8-16(9-11-17)26-14-27-22(28)12-19(20(13-25)24(27)32-15-26)18-6-5-7-21(29-2)23(18)30-3/h5-11,19H,4,12,14-15H2,1-3H3. The second-order valence-corrected chi connectivity index (χ2v) is 8.31. The van der Waals surface area contributed by atoms with Crippen molar-refractivity contribution in [2.75, 3.05) is 38.3 Å². The molecule has 0 saturated carbocycles. The third-order valence-electron chi connectivity index (χ3n) is 5.62. The maximum absolute atomic E-state index is 13.2. The van der Waals surface area contributed by atoms with Crippen LogP contribution in [0.5, 0.6) is 17.2 Å². The molecule has 0 radical (unpaired) electrons. The number of fused-ring (bicyclic) bond motifs is 1. The van der Waals surface area contributed by atoms with Crippen LogP contribution in [-0.2, 0) is 4.79 Å². The monoisotopic (exact) mass is 451 g/mol. The van der Waals surface area contributed by atoms with Crippen molar-refractivity contribution >= 4 is 23.4 Å². The van der Waals surface area contributed by atoms with Gasteiger partial charge in [-0.1, -0.05) is 23.9 Å². The first-order chi connectivity index (χ1) is 15.6. The van der Waals surface area contributed by atoms with Crippen LogP contribution in [0.4, 0.5) is 5.69 Å². The molecule has 2 aromatic rings. The van der Waals surface area contributed by atoms with Gasteiger partial charge in [0.1, 0.15) is 5.75 Å². The number of para-hydroxylation sites is 1. The van der Waals surface area contributed by atoms with E-state index in [1.165, 1.54) is 11.8 Å². The van der Waals surface area contributed by atoms with Gasteiger partial charge in [0.25, 0.3) is 0 Å². The van der Waals surface area contributed by atoms with E-state index in [0.717, 1.165) is 22.0 Å². The Morgan fingerprint density at radius 3 is 2.59 bits per heavy atom. The van der Waals surface area contributed by atoms with Crippen molar-refractivity contribution in [3.8, 4) is 23.3 Å². The zero-order chi connectivity index (χ0) is 22.7. The van der Waals surface area contributed by atoms with Crippen molar-refractivity contribution < 1.29 is 19.0 Å². The van der Waals surface area contributed by atoms with E-state index in [2.05, 4.69) is 11.0 Å². The highest BCUT2D eigenvalue weighted by Crippen LogP contribution is 2.47. The second-order valence-electron chi connectivity index (χ2n) is 7.37. The van der Waals surface area contributed by atoms with Gasteiger partial charge in [-0.15, -0.1) is 0 Å². The fourth-order valence-corrected chi connectivity index (χ4v) is 5.27. The van der Waals surface area contributed by atoms with Crippen LogP contribution in [0.15, 0.2) is 53.1 Å². The van der Waals surface area contributed by atoms with Gasteiger partial charge in [0.05, 0.1) is 50.0 Å². The predicted molar refractivity (Wildman–Crippen MR) is 124 cm³/mol. The number of methoxy groups -OCH3 is 2.